The third-order valence-electron chi connectivity index (χ3n) is 6.01. The van der Waals surface area contributed by atoms with Crippen LogP contribution in [0.3, 0.4) is 0 Å². The maximum Gasteiger partial charge on any atom is 0.233 e. The first-order chi connectivity index (χ1) is 15.1. The molecule has 1 saturated carbocycles. The number of methoxy groups -OCH3 is 1. The van der Waals surface area contributed by atoms with Crippen LogP contribution in [0.25, 0.3) is 0 Å². The molecule has 0 atom stereocenters. The molecule has 4 rings (SSSR count). The van der Waals surface area contributed by atoms with Crippen LogP contribution in [-0.4, -0.2) is 66.2 Å². The van der Waals surface area contributed by atoms with Gasteiger partial charge in [0.1, 0.15) is 0 Å². The number of ether oxygens (including phenoxy) is 1. The average Bonchev–Trinajstić information content (AvgIpc) is 3.03. The number of nitrogens with zero attached hydrogens (tertiary/aromatic N) is 5. The number of likely N-dealkylation sites (N-methyl/N-ethyl adjacent to an activating group) is 1. The molecule has 2 fully saturated rings. The van der Waals surface area contributed by atoms with Gasteiger partial charge in [0, 0.05) is 44.0 Å². The van der Waals surface area contributed by atoms with Gasteiger partial charge in [-0.15, -0.1) is 0 Å². The van der Waals surface area contributed by atoms with Crippen LogP contribution >= 0.6 is 0 Å². The van der Waals surface area contributed by atoms with Crippen molar-refractivity contribution in [1.82, 2.24) is 19.9 Å². The van der Waals surface area contributed by atoms with Crippen molar-refractivity contribution in [3.05, 3.63) is 24.0 Å². The molecule has 1 aromatic heterocycles. The highest BCUT2D eigenvalue weighted by atomic mass is 19.1. The molecule has 1 aliphatic carbocycles. The summed E-state index contributed by atoms with van der Waals surface area (Å²) in [6.07, 6.45) is 7.29. The monoisotopic (exact) mass is 429 g/mol. The number of piperazine rings is 1. The van der Waals surface area contributed by atoms with E-state index in [1.54, 1.807) is 12.1 Å². The Morgan fingerprint density at radius 3 is 2.35 bits per heavy atom. The van der Waals surface area contributed by atoms with Gasteiger partial charge in [0.05, 0.1) is 7.11 Å². The van der Waals surface area contributed by atoms with Crippen LogP contribution in [0.2, 0.25) is 0 Å². The molecule has 0 unspecified atom stereocenters. The lowest BCUT2D eigenvalue weighted by Crippen LogP contribution is -2.45. The Hall–Kier alpha value is -2.68. The summed E-state index contributed by atoms with van der Waals surface area (Å²) >= 11 is 0. The van der Waals surface area contributed by atoms with Gasteiger partial charge in [-0.05, 0) is 32.0 Å². The van der Waals surface area contributed by atoms with Gasteiger partial charge in [-0.2, -0.15) is 15.0 Å². The minimum atomic E-state index is -0.433. The van der Waals surface area contributed by atoms with Gasteiger partial charge in [-0.25, -0.2) is 4.39 Å². The van der Waals surface area contributed by atoms with Crippen molar-refractivity contribution in [2.75, 3.05) is 55.9 Å². The lowest BCUT2D eigenvalue weighted by molar-refractivity contribution is 0.311. The Labute approximate surface area is 183 Å². The molecule has 31 heavy (non-hydrogen) atoms. The first kappa shape index (κ1) is 21.5. The topological polar surface area (TPSA) is 78.4 Å². The van der Waals surface area contributed by atoms with E-state index in [0.717, 1.165) is 39.0 Å². The van der Waals surface area contributed by atoms with Gasteiger partial charge in [0.25, 0.3) is 0 Å². The van der Waals surface area contributed by atoms with E-state index in [9.17, 15) is 4.39 Å². The Morgan fingerprint density at radius 2 is 1.68 bits per heavy atom. The zero-order chi connectivity index (χ0) is 21.6. The third-order valence-corrected chi connectivity index (χ3v) is 6.01. The number of aromatic nitrogens is 3. The highest BCUT2D eigenvalue weighted by Gasteiger charge is 2.20. The fraction of sp³-hybridized carbons (Fsp3) is 0.591. The molecule has 168 valence electrons. The lowest BCUT2D eigenvalue weighted by Gasteiger charge is -2.32. The second kappa shape index (κ2) is 10.1. The number of anilines is 4. The van der Waals surface area contributed by atoms with E-state index < -0.39 is 5.82 Å². The van der Waals surface area contributed by atoms with Crippen LogP contribution < -0.4 is 20.3 Å². The minimum absolute atomic E-state index is 0.204. The first-order valence-electron chi connectivity index (χ1n) is 11.2. The molecule has 0 bridgehead atoms. The molecule has 0 radical (unpaired) electrons. The fourth-order valence-corrected chi connectivity index (χ4v) is 4.11. The van der Waals surface area contributed by atoms with Crippen molar-refractivity contribution in [2.45, 2.75) is 44.6 Å². The van der Waals surface area contributed by atoms with Crippen molar-refractivity contribution in [2.24, 2.45) is 0 Å². The number of halogens is 1. The Bertz CT molecular complexity index is 865. The number of nitrogens with one attached hydrogen (secondary N) is 2. The highest BCUT2D eigenvalue weighted by molar-refractivity contribution is 5.57. The van der Waals surface area contributed by atoms with Crippen LogP contribution in [0.5, 0.6) is 5.75 Å². The summed E-state index contributed by atoms with van der Waals surface area (Å²) in [6, 6.07) is 5.10. The largest absolute Gasteiger partial charge is 0.494 e. The summed E-state index contributed by atoms with van der Waals surface area (Å²) in [5.74, 6) is 1.40. The van der Waals surface area contributed by atoms with Crippen LogP contribution in [0, 0.1) is 5.82 Å². The van der Waals surface area contributed by atoms with Crippen molar-refractivity contribution in [3.63, 3.8) is 0 Å². The smallest absolute Gasteiger partial charge is 0.233 e. The van der Waals surface area contributed by atoms with Crippen LogP contribution in [0.1, 0.15) is 38.5 Å². The zero-order valence-electron chi connectivity index (χ0n) is 18.4. The highest BCUT2D eigenvalue weighted by Crippen LogP contribution is 2.25. The molecule has 1 aromatic carbocycles. The molecule has 0 amide bonds. The Balaban J connectivity index is 1.58. The molecule has 2 aromatic rings. The van der Waals surface area contributed by atoms with E-state index in [1.807, 2.05) is 0 Å². The molecular formula is C22H32FN7O. The van der Waals surface area contributed by atoms with Gasteiger partial charge in [0.15, 0.2) is 11.6 Å². The summed E-state index contributed by atoms with van der Waals surface area (Å²) < 4.78 is 19.1. The second-order valence-electron chi connectivity index (χ2n) is 8.38. The molecule has 2 heterocycles. The lowest BCUT2D eigenvalue weighted by atomic mass is 10.1. The summed E-state index contributed by atoms with van der Waals surface area (Å²) in [4.78, 5) is 18.4. The number of hydrogen-bond donors (Lipinski definition) is 2. The third kappa shape index (κ3) is 5.72. The van der Waals surface area contributed by atoms with Gasteiger partial charge in [0.2, 0.25) is 17.8 Å². The summed E-state index contributed by atoms with van der Waals surface area (Å²) in [5, 5.41) is 6.67. The number of benzene rings is 1. The molecule has 1 aliphatic heterocycles. The molecule has 1 saturated heterocycles. The van der Waals surface area contributed by atoms with Gasteiger partial charge in [-0.3, -0.25) is 0 Å². The Morgan fingerprint density at radius 1 is 0.968 bits per heavy atom. The maximum atomic E-state index is 14.1. The summed E-state index contributed by atoms with van der Waals surface area (Å²) in [5.41, 5.74) is 0.564. The van der Waals surface area contributed by atoms with Crippen molar-refractivity contribution in [3.8, 4) is 5.75 Å². The van der Waals surface area contributed by atoms with E-state index >= 15 is 0 Å². The van der Waals surface area contributed by atoms with E-state index in [-0.39, 0.29) is 5.75 Å². The summed E-state index contributed by atoms with van der Waals surface area (Å²) in [6.45, 7) is 3.65. The first-order valence-corrected chi connectivity index (χ1v) is 11.2. The molecule has 2 aliphatic rings. The van der Waals surface area contributed by atoms with E-state index in [2.05, 4.69) is 37.4 Å². The molecular weight excluding hydrogens is 397 g/mol. The second-order valence-corrected chi connectivity index (χ2v) is 8.38. The fourth-order valence-electron chi connectivity index (χ4n) is 4.11. The van der Waals surface area contributed by atoms with Gasteiger partial charge >= 0.3 is 0 Å². The number of rotatable bonds is 6. The van der Waals surface area contributed by atoms with Gasteiger partial charge < -0.3 is 25.2 Å². The van der Waals surface area contributed by atoms with E-state index in [4.69, 9.17) is 9.72 Å². The molecule has 2 N–H and O–H groups in total. The predicted molar refractivity (Wildman–Crippen MR) is 121 cm³/mol. The van der Waals surface area contributed by atoms with Crippen molar-refractivity contribution in [1.29, 1.82) is 0 Å². The Kier molecular flexibility index (Phi) is 7.01. The summed E-state index contributed by atoms with van der Waals surface area (Å²) in [7, 11) is 3.57. The van der Waals surface area contributed by atoms with Gasteiger partial charge in [-0.1, -0.05) is 25.7 Å². The molecule has 9 heteroatoms. The van der Waals surface area contributed by atoms with Crippen molar-refractivity contribution < 1.29 is 9.13 Å². The van der Waals surface area contributed by atoms with E-state index in [0.29, 0.717) is 29.6 Å². The predicted octanol–water partition coefficient (Wildman–Crippen LogP) is 3.65. The van der Waals surface area contributed by atoms with Crippen LogP contribution in [-0.2, 0) is 0 Å². The van der Waals surface area contributed by atoms with Crippen molar-refractivity contribution >= 4 is 23.5 Å². The number of hydrogen-bond acceptors (Lipinski definition) is 8. The van der Waals surface area contributed by atoms with Crippen LogP contribution in [0.15, 0.2) is 18.2 Å². The maximum absolute atomic E-state index is 14.1. The quantitative estimate of drug-likeness (QED) is 0.674. The van der Waals surface area contributed by atoms with Crippen LogP contribution in [0.4, 0.5) is 27.9 Å². The SMILES string of the molecule is COc1ccc(Nc2nc(NC3CCCCCC3)nc(N3CCN(C)CC3)n2)cc1F. The molecule has 0 spiro atoms. The zero-order valence-corrected chi connectivity index (χ0v) is 18.4. The molecule has 8 nitrogen and oxygen atoms in total. The normalized spacial score (nSPS) is 18.5. The van der Waals surface area contributed by atoms with E-state index in [1.165, 1.54) is 38.9 Å². The average molecular weight is 430 g/mol. The minimum Gasteiger partial charge on any atom is -0.494 e. The standard InChI is InChI=1S/C22H32FN7O/c1-29-11-13-30(14-12-29)22-27-20(24-16-7-5-3-4-6-8-16)26-21(28-22)25-17-9-10-19(31-2)18(23)15-17/h9-10,15-16H,3-8,11-14H2,1-2H3,(H2,24,25,26,27,28).